The van der Waals surface area contributed by atoms with E-state index in [1.165, 1.54) is 6.20 Å². The third kappa shape index (κ3) is 5.64. The second kappa shape index (κ2) is 9.21. The minimum atomic E-state index is -4.59. The van der Waals surface area contributed by atoms with Crippen LogP contribution < -0.4 is 5.32 Å². The first-order valence-electron chi connectivity index (χ1n) is 12.5. The molecule has 0 saturated carbocycles. The molecule has 4 aliphatic heterocycles. The third-order valence-corrected chi connectivity index (χ3v) is 7.05. The molecule has 206 valence electrons. The van der Waals surface area contributed by atoms with Gasteiger partial charge in [-0.2, -0.15) is 13.2 Å². The van der Waals surface area contributed by atoms with E-state index in [2.05, 4.69) is 20.2 Å². The average Bonchev–Trinajstić information content (AvgIpc) is 3.25. The second-order valence-electron chi connectivity index (χ2n) is 11.7. The molecule has 2 unspecified atom stereocenters. The largest absolute Gasteiger partial charge is 0.444 e. The van der Waals surface area contributed by atoms with E-state index >= 15 is 0 Å². The predicted molar refractivity (Wildman–Crippen MR) is 125 cm³/mol. The monoisotopic (exact) mass is 529 g/mol. The number of nitrogens with one attached hydrogen (secondary N) is 1. The van der Waals surface area contributed by atoms with Gasteiger partial charge in [-0.1, -0.05) is 0 Å². The summed E-state index contributed by atoms with van der Waals surface area (Å²) in [6, 6.07) is -0.362. The molecular weight excluding hydrogens is 495 g/mol. The third-order valence-electron chi connectivity index (χ3n) is 7.05. The fraction of sp³-hybridized carbons (Fsp3) is 0.792. The summed E-state index contributed by atoms with van der Waals surface area (Å²) in [5.41, 5.74) is -1.61. The molecule has 4 saturated heterocycles. The molecule has 5 heterocycles. The molecule has 0 spiro atoms. The first kappa shape index (κ1) is 26.4. The molecule has 37 heavy (non-hydrogen) atoms. The van der Waals surface area contributed by atoms with Crippen molar-refractivity contribution in [3.8, 4) is 0 Å². The van der Waals surface area contributed by atoms with Crippen molar-refractivity contribution in [1.82, 2.24) is 19.8 Å². The molecule has 1 N–H and O–H groups in total. The van der Waals surface area contributed by atoms with E-state index in [9.17, 15) is 18.0 Å². The van der Waals surface area contributed by atoms with Crippen LogP contribution in [0.2, 0.25) is 0 Å². The zero-order valence-corrected chi connectivity index (χ0v) is 21.6. The van der Waals surface area contributed by atoms with Crippen LogP contribution >= 0.6 is 0 Å². The highest BCUT2D eigenvalue weighted by atomic mass is 19.4. The van der Waals surface area contributed by atoms with Crippen molar-refractivity contribution >= 4 is 11.9 Å². The standard InChI is InChI=1S/C24H34F3N5O5/c1-22(2,3)37-21(33)32-9-13-8-31(10-15(13)32)11-16-20-19(35-23(4,5)36-20)14(12-34-16)29-18-7-28-6-17(30-18)24(25,26)27/h6-7,13-16,19-20H,8-12H2,1-5H3,(H,29,30)/t13?,14-,15?,16+,19+,20-/m0/s1. The summed E-state index contributed by atoms with van der Waals surface area (Å²) in [6.45, 7) is 12.2. The molecule has 4 aliphatic rings. The van der Waals surface area contributed by atoms with Crippen LogP contribution in [0.5, 0.6) is 0 Å². The molecule has 1 aromatic rings. The van der Waals surface area contributed by atoms with Gasteiger partial charge in [0.15, 0.2) is 11.5 Å². The Hall–Kier alpha value is -2.22. The molecule has 0 aliphatic carbocycles. The Morgan fingerprint density at radius 2 is 1.89 bits per heavy atom. The second-order valence-corrected chi connectivity index (χ2v) is 11.7. The van der Waals surface area contributed by atoms with Crippen molar-refractivity contribution in [2.24, 2.45) is 5.92 Å². The Balaban J connectivity index is 1.22. The zero-order valence-electron chi connectivity index (χ0n) is 21.6. The van der Waals surface area contributed by atoms with Gasteiger partial charge in [0, 0.05) is 32.1 Å². The minimum Gasteiger partial charge on any atom is -0.444 e. The number of hydrogen-bond acceptors (Lipinski definition) is 9. The Bertz CT molecular complexity index is 1020. The molecule has 4 fully saturated rings. The van der Waals surface area contributed by atoms with Crippen LogP contribution in [0.3, 0.4) is 0 Å². The van der Waals surface area contributed by atoms with Gasteiger partial charge in [-0.05, 0) is 34.6 Å². The molecule has 5 rings (SSSR count). The van der Waals surface area contributed by atoms with E-state index in [0.717, 1.165) is 6.54 Å². The number of aromatic nitrogens is 2. The van der Waals surface area contributed by atoms with Gasteiger partial charge in [-0.3, -0.25) is 9.88 Å². The number of alkyl halides is 3. The van der Waals surface area contributed by atoms with Gasteiger partial charge in [-0.25, -0.2) is 9.78 Å². The number of carbonyl (C=O) groups is 1. The van der Waals surface area contributed by atoms with Crippen molar-refractivity contribution < 1.29 is 36.9 Å². The zero-order chi connectivity index (χ0) is 26.8. The molecule has 10 nitrogen and oxygen atoms in total. The van der Waals surface area contributed by atoms with Crippen LogP contribution in [-0.2, 0) is 25.1 Å². The Labute approximate surface area is 213 Å². The highest BCUT2D eigenvalue weighted by molar-refractivity contribution is 5.70. The smallest absolute Gasteiger partial charge is 0.434 e. The molecule has 0 radical (unpaired) electrons. The number of carbonyl (C=O) groups excluding carboxylic acids is 1. The van der Waals surface area contributed by atoms with Crippen molar-refractivity contribution in [2.75, 3.05) is 38.1 Å². The summed E-state index contributed by atoms with van der Waals surface area (Å²) >= 11 is 0. The Kier molecular flexibility index (Phi) is 6.57. The van der Waals surface area contributed by atoms with E-state index < -0.39 is 41.5 Å². The lowest BCUT2D eigenvalue weighted by Gasteiger charge is -2.43. The SMILES string of the molecule is CC(C)(C)OC(=O)N1CC2CN(C[C@H]3OC[C@H](Nc4cncc(C(F)(F)F)n4)[C@H]4OC(C)(C)O[C@H]43)CC21. The van der Waals surface area contributed by atoms with Gasteiger partial charge >= 0.3 is 12.3 Å². The number of anilines is 1. The summed E-state index contributed by atoms with van der Waals surface area (Å²) in [5, 5.41) is 3.00. The lowest BCUT2D eigenvalue weighted by molar-refractivity contribution is -0.155. The van der Waals surface area contributed by atoms with Crippen LogP contribution in [0.4, 0.5) is 23.8 Å². The van der Waals surface area contributed by atoms with Crippen LogP contribution in [0.25, 0.3) is 0 Å². The van der Waals surface area contributed by atoms with Crippen molar-refractivity contribution in [3.05, 3.63) is 18.1 Å². The normalized spacial score (nSPS) is 33.5. The number of amides is 1. The van der Waals surface area contributed by atoms with Crippen LogP contribution in [0.15, 0.2) is 12.4 Å². The topological polar surface area (TPSA) is 98.3 Å². The summed E-state index contributed by atoms with van der Waals surface area (Å²) in [4.78, 5) is 23.9. The highest BCUT2D eigenvalue weighted by Crippen LogP contribution is 2.39. The Morgan fingerprint density at radius 1 is 1.16 bits per heavy atom. The molecule has 1 aromatic heterocycles. The number of nitrogens with zero attached hydrogens (tertiary/aromatic N) is 4. The fourth-order valence-electron chi connectivity index (χ4n) is 5.53. The summed E-state index contributed by atoms with van der Waals surface area (Å²) in [5.74, 6) is -0.497. The first-order valence-corrected chi connectivity index (χ1v) is 12.5. The highest BCUT2D eigenvalue weighted by Gasteiger charge is 2.54. The summed E-state index contributed by atoms with van der Waals surface area (Å²) in [6.07, 6.45) is -4.14. The van der Waals surface area contributed by atoms with Gasteiger partial charge in [0.25, 0.3) is 0 Å². The maximum Gasteiger partial charge on any atom is 0.434 e. The quantitative estimate of drug-likeness (QED) is 0.631. The van der Waals surface area contributed by atoms with Gasteiger partial charge in [-0.15, -0.1) is 0 Å². The predicted octanol–water partition coefficient (Wildman–Crippen LogP) is 2.75. The van der Waals surface area contributed by atoms with E-state index in [0.29, 0.717) is 31.7 Å². The van der Waals surface area contributed by atoms with Gasteiger partial charge in [0.05, 0.1) is 37.2 Å². The summed E-state index contributed by atoms with van der Waals surface area (Å²) < 4.78 is 63.3. The molecule has 13 heteroatoms. The van der Waals surface area contributed by atoms with Gasteiger partial charge in [0.2, 0.25) is 0 Å². The number of likely N-dealkylation sites (tertiary alicyclic amines) is 2. The van der Waals surface area contributed by atoms with Gasteiger partial charge < -0.3 is 29.2 Å². The number of halogens is 3. The van der Waals surface area contributed by atoms with E-state index in [1.807, 2.05) is 20.8 Å². The van der Waals surface area contributed by atoms with E-state index in [4.69, 9.17) is 18.9 Å². The number of fused-ring (bicyclic) bond motifs is 2. The van der Waals surface area contributed by atoms with E-state index in [1.54, 1.807) is 18.7 Å². The van der Waals surface area contributed by atoms with Gasteiger partial charge in [0.1, 0.15) is 23.6 Å². The molecular formula is C24H34F3N5O5. The van der Waals surface area contributed by atoms with Crippen molar-refractivity contribution in [2.45, 2.75) is 82.6 Å². The molecule has 6 atom stereocenters. The minimum absolute atomic E-state index is 0.00714. The number of hydrogen-bond donors (Lipinski definition) is 1. The number of ether oxygens (including phenoxy) is 4. The summed E-state index contributed by atoms with van der Waals surface area (Å²) in [7, 11) is 0. The van der Waals surface area contributed by atoms with Crippen molar-refractivity contribution in [3.63, 3.8) is 0 Å². The maximum atomic E-state index is 13.1. The average molecular weight is 530 g/mol. The fourth-order valence-corrected chi connectivity index (χ4v) is 5.53. The van der Waals surface area contributed by atoms with Crippen molar-refractivity contribution in [1.29, 1.82) is 0 Å². The lowest BCUT2D eigenvalue weighted by Crippen LogP contribution is -2.59. The van der Waals surface area contributed by atoms with Crippen LogP contribution in [-0.4, -0.2) is 100 Å². The molecule has 0 aromatic carbocycles. The lowest BCUT2D eigenvalue weighted by atomic mass is 9.93. The van der Waals surface area contributed by atoms with E-state index in [-0.39, 0.29) is 30.7 Å². The van der Waals surface area contributed by atoms with Crippen LogP contribution in [0, 0.1) is 5.92 Å². The molecule has 1 amide bonds. The Morgan fingerprint density at radius 3 is 2.59 bits per heavy atom. The molecule has 0 bridgehead atoms. The maximum absolute atomic E-state index is 13.1. The van der Waals surface area contributed by atoms with Crippen LogP contribution in [0.1, 0.15) is 40.3 Å². The first-order chi connectivity index (χ1) is 17.2. The number of rotatable bonds is 4.